The van der Waals surface area contributed by atoms with Crippen LogP contribution in [-0.2, 0) is 6.54 Å². The summed E-state index contributed by atoms with van der Waals surface area (Å²) in [5.74, 6) is 1.12. The van der Waals surface area contributed by atoms with Crippen LogP contribution in [-0.4, -0.2) is 36.3 Å². The summed E-state index contributed by atoms with van der Waals surface area (Å²) < 4.78 is 0. The lowest BCUT2D eigenvalue weighted by Crippen LogP contribution is -2.25. The first-order valence-corrected chi connectivity index (χ1v) is 8.96. The van der Waals surface area contributed by atoms with Gasteiger partial charge in [-0.3, -0.25) is 0 Å². The van der Waals surface area contributed by atoms with E-state index < -0.39 is 0 Å². The third-order valence-electron chi connectivity index (χ3n) is 3.78. The predicted molar refractivity (Wildman–Crippen MR) is 89.8 cm³/mol. The zero-order valence-electron chi connectivity index (χ0n) is 12.5. The second-order valence-corrected chi connectivity index (χ2v) is 6.79. The minimum Gasteiger partial charge on any atom is -0.310 e. The first-order valence-electron chi connectivity index (χ1n) is 7.60. The molecule has 2 nitrogen and oxygen atoms in total. The largest absolute Gasteiger partial charge is 0.310 e. The van der Waals surface area contributed by atoms with E-state index >= 15 is 0 Å². The third-order valence-corrected chi connectivity index (χ3v) is 5.21. The van der Waals surface area contributed by atoms with E-state index in [9.17, 15) is 0 Å². The maximum atomic E-state index is 6.37. The normalized spacial score (nSPS) is 15.0. The van der Waals surface area contributed by atoms with Gasteiger partial charge in [-0.1, -0.05) is 31.5 Å². The van der Waals surface area contributed by atoms with Gasteiger partial charge in [0, 0.05) is 34.8 Å². The van der Waals surface area contributed by atoms with Gasteiger partial charge >= 0.3 is 0 Å². The Morgan fingerprint density at radius 2 is 2.05 bits per heavy atom. The molecule has 1 fully saturated rings. The molecule has 112 valence electrons. The third kappa shape index (κ3) is 4.96. The fourth-order valence-electron chi connectivity index (χ4n) is 2.20. The number of nitrogens with one attached hydrogen (secondary N) is 1. The van der Waals surface area contributed by atoms with E-state index in [1.54, 1.807) is 0 Å². The highest BCUT2D eigenvalue weighted by Gasteiger charge is 2.21. The average Bonchev–Trinajstić information content (AvgIpc) is 3.27. The zero-order valence-corrected chi connectivity index (χ0v) is 14.1. The summed E-state index contributed by atoms with van der Waals surface area (Å²) in [4.78, 5) is 3.79. The molecule has 1 aliphatic carbocycles. The molecule has 0 saturated heterocycles. The molecule has 2 rings (SSSR count). The quantitative estimate of drug-likeness (QED) is 0.693. The minimum absolute atomic E-state index is 0.722. The van der Waals surface area contributed by atoms with Gasteiger partial charge in [0.1, 0.15) is 0 Å². The van der Waals surface area contributed by atoms with E-state index in [0.717, 1.165) is 43.0 Å². The average molecular weight is 313 g/mol. The fourth-order valence-corrected chi connectivity index (χ4v) is 3.60. The molecule has 4 heteroatoms. The molecule has 0 spiro atoms. The highest BCUT2D eigenvalue weighted by molar-refractivity contribution is 7.99. The van der Waals surface area contributed by atoms with Crippen molar-refractivity contribution in [3.63, 3.8) is 0 Å². The summed E-state index contributed by atoms with van der Waals surface area (Å²) >= 11 is 8.29. The zero-order chi connectivity index (χ0) is 14.4. The summed E-state index contributed by atoms with van der Waals surface area (Å²) in [5.41, 5.74) is 1.27. The molecule has 0 unspecified atom stereocenters. The number of rotatable bonds is 9. The standard InChI is InChI=1S/C16H25ClN2S/c1-3-19(4-2)10-11-20-16-7-5-6-15(17)14(16)12-18-13-8-9-13/h5-7,13,18H,3-4,8-12H2,1-2H3. The van der Waals surface area contributed by atoms with Gasteiger partial charge in [0.25, 0.3) is 0 Å². The number of hydrogen-bond donors (Lipinski definition) is 1. The molecular formula is C16H25ClN2S. The molecule has 1 aromatic rings. The van der Waals surface area contributed by atoms with Crippen LogP contribution in [0.2, 0.25) is 5.02 Å². The molecule has 0 aliphatic heterocycles. The van der Waals surface area contributed by atoms with Gasteiger partial charge in [0.2, 0.25) is 0 Å². The number of thioether (sulfide) groups is 1. The summed E-state index contributed by atoms with van der Waals surface area (Å²) in [7, 11) is 0. The van der Waals surface area contributed by atoms with E-state index in [1.165, 1.54) is 23.3 Å². The molecule has 0 aromatic heterocycles. The van der Waals surface area contributed by atoms with Gasteiger partial charge in [-0.2, -0.15) is 0 Å². The van der Waals surface area contributed by atoms with Crippen molar-refractivity contribution < 1.29 is 0 Å². The van der Waals surface area contributed by atoms with Crippen LogP contribution < -0.4 is 5.32 Å². The van der Waals surface area contributed by atoms with Crippen LogP contribution in [0.25, 0.3) is 0 Å². The number of nitrogens with zero attached hydrogens (tertiary/aromatic N) is 1. The van der Waals surface area contributed by atoms with E-state index in [0.29, 0.717) is 0 Å². The molecule has 1 aliphatic rings. The van der Waals surface area contributed by atoms with Crippen LogP contribution in [0, 0.1) is 0 Å². The second-order valence-electron chi connectivity index (χ2n) is 5.25. The summed E-state index contributed by atoms with van der Waals surface area (Å²) in [5, 5.41) is 4.46. The van der Waals surface area contributed by atoms with E-state index in [2.05, 4.69) is 36.2 Å². The van der Waals surface area contributed by atoms with E-state index in [1.807, 2.05) is 17.8 Å². The Labute approximate surface area is 132 Å². The van der Waals surface area contributed by atoms with Gasteiger partial charge in [-0.05, 0) is 43.6 Å². The Hall–Kier alpha value is -0.220. The molecular weight excluding hydrogens is 288 g/mol. The Kier molecular flexibility index (Phi) is 6.69. The van der Waals surface area contributed by atoms with E-state index in [-0.39, 0.29) is 0 Å². The van der Waals surface area contributed by atoms with Crippen molar-refractivity contribution in [1.29, 1.82) is 0 Å². The van der Waals surface area contributed by atoms with Crippen LogP contribution in [0.5, 0.6) is 0 Å². The van der Waals surface area contributed by atoms with Crippen molar-refractivity contribution in [2.24, 2.45) is 0 Å². The molecule has 20 heavy (non-hydrogen) atoms. The van der Waals surface area contributed by atoms with Gasteiger partial charge in [-0.25, -0.2) is 0 Å². The Balaban J connectivity index is 1.89. The van der Waals surface area contributed by atoms with Crippen LogP contribution >= 0.6 is 23.4 Å². The molecule has 1 saturated carbocycles. The number of benzene rings is 1. The first kappa shape index (κ1) is 16.2. The monoisotopic (exact) mass is 312 g/mol. The molecule has 0 bridgehead atoms. The topological polar surface area (TPSA) is 15.3 Å². The maximum Gasteiger partial charge on any atom is 0.0462 e. The first-order chi connectivity index (χ1) is 9.74. The number of hydrogen-bond acceptors (Lipinski definition) is 3. The van der Waals surface area contributed by atoms with Gasteiger partial charge < -0.3 is 10.2 Å². The lowest BCUT2D eigenvalue weighted by molar-refractivity contribution is 0.324. The van der Waals surface area contributed by atoms with Crippen molar-refractivity contribution in [1.82, 2.24) is 10.2 Å². The summed E-state index contributed by atoms with van der Waals surface area (Å²) in [6.45, 7) is 8.74. The summed E-state index contributed by atoms with van der Waals surface area (Å²) in [6, 6.07) is 6.98. The smallest absolute Gasteiger partial charge is 0.0462 e. The van der Waals surface area contributed by atoms with E-state index in [4.69, 9.17) is 11.6 Å². The van der Waals surface area contributed by atoms with Crippen molar-refractivity contribution in [3.8, 4) is 0 Å². The molecule has 1 aromatic carbocycles. The minimum atomic E-state index is 0.722. The summed E-state index contributed by atoms with van der Waals surface area (Å²) in [6.07, 6.45) is 2.63. The van der Waals surface area contributed by atoms with Crippen LogP contribution in [0.4, 0.5) is 0 Å². The SMILES string of the molecule is CCN(CC)CCSc1cccc(Cl)c1CNC1CC1. The highest BCUT2D eigenvalue weighted by Crippen LogP contribution is 2.29. The van der Waals surface area contributed by atoms with Crippen LogP contribution in [0.3, 0.4) is 0 Å². The van der Waals surface area contributed by atoms with Crippen LogP contribution in [0.15, 0.2) is 23.1 Å². The van der Waals surface area contributed by atoms with Crippen molar-refractivity contribution in [2.45, 2.75) is 44.2 Å². The van der Waals surface area contributed by atoms with Gasteiger partial charge in [0.05, 0.1) is 0 Å². The molecule has 0 amide bonds. The fraction of sp³-hybridized carbons (Fsp3) is 0.625. The predicted octanol–water partition coefficient (Wildman–Crippen LogP) is 4.03. The Morgan fingerprint density at radius 3 is 2.70 bits per heavy atom. The lowest BCUT2D eigenvalue weighted by Gasteiger charge is -2.18. The van der Waals surface area contributed by atoms with Crippen molar-refractivity contribution >= 4 is 23.4 Å². The molecule has 1 N–H and O–H groups in total. The van der Waals surface area contributed by atoms with Crippen molar-refractivity contribution in [3.05, 3.63) is 28.8 Å². The number of halogens is 1. The second kappa shape index (κ2) is 8.28. The molecule has 0 heterocycles. The molecule has 0 atom stereocenters. The van der Waals surface area contributed by atoms with Gasteiger partial charge in [-0.15, -0.1) is 11.8 Å². The van der Waals surface area contributed by atoms with Gasteiger partial charge in [0.15, 0.2) is 0 Å². The van der Waals surface area contributed by atoms with Crippen LogP contribution in [0.1, 0.15) is 32.3 Å². The molecule has 0 radical (unpaired) electrons. The Bertz CT molecular complexity index is 417. The lowest BCUT2D eigenvalue weighted by atomic mass is 10.2. The van der Waals surface area contributed by atoms with Crippen molar-refractivity contribution in [2.75, 3.05) is 25.4 Å². The Morgan fingerprint density at radius 1 is 1.30 bits per heavy atom. The highest BCUT2D eigenvalue weighted by atomic mass is 35.5. The maximum absolute atomic E-state index is 6.37.